The van der Waals surface area contributed by atoms with Gasteiger partial charge in [0, 0.05) is 0 Å². The summed E-state index contributed by atoms with van der Waals surface area (Å²) in [7, 11) is 0. The second-order valence-electron chi connectivity index (χ2n) is 5.87. The first-order chi connectivity index (χ1) is 11.1. The van der Waals surface area contributed by atoms with Crippen molar-refractivity contribution in [2.45, 2.75) is 27.7 Å². The molecule has 2 aromatic carbocycles. The van der Waals surface area contributed by atoms with Crippen molar-refractivity contribution >= 4 is 10.8 Å². The van der Waals surface area contributed by atoms with Crippen LogP contribution >= 0.6 is 0 Å². The number of tetrazole rings is 1. The number of hydrogen-bond donors (Lipinski definition) is 0. The second kappa shape index (κ2) is 10.9. The Hall–Kier alpha value is -1.16. The van der Waals surface area contributed by atoms with Gasteiger partial charge in [0.15, 0.2) is 6.33 Å². The van der Waals surface area contributed by atoms with Crippen LogP contribution in [0.15, 0.2) is 59.4 Å². The first-order valence-corrected chi connectivity index (χ1v) is 7.73. The van der Waals surface area contributed by atoms with Crippen LogP contribution in [0, 0.1) is 12.0 Å². The maximum atomic E-state index is 3.98. The van der Waals surface area contributed by atoms with Gasteiger partial charge < -0.3 is 24.8 Å². The summed E-state index contributed by atoms with van der Waals surface area (Å²) in [6.45, 7) is 8.67. The number of fused-ring (bicyclic) bond motifs is 1. The molecule has 0 saturated heterocycles. The molecular formula is C19H20Cl2N4Zr. The van der Waals surface area contributed by atoms with E-state index in [1.165, 1.54) is 38.6 Å². The monoisotopic (exact) mass is 464 g/mol. The molecule has 0 saturated carbocycles. The molecule has 0 radical (unpaired) electrons. The van der Waals surface area contributed by atoms with E-state index in [1.54, 1.807) is 0 Å². The van der Waals surface area contributed by atoms with Crippen LogP contribution in [0.2, 0.25) is 0 Å². The van der Waals surface area contributed by atoms with E-state index in [9.17, 15) is 0 Å². The quantitative estimate of drug-likeness (QED) is 0.400. The van der Waals surface area contributed by atoms with Gasteiger partial charge in [-0.15, -0.1) is 58.2 Å². The standard InChI is InChI=1S/C10H7N4.C9H13.2ClH.Zr/c1-2-4-9-6-10(5-8(9)3-1)14-12-7-11-13-14;1-6-5-7(2)9(4)8(6)3;;;/h1-7H;6H,1-4H3;2*1H;/q2*-1;;;+4/p-2. The van der Waals surface area contributed by atoms with E-state index in [-0.39, 0.29) is 51.0 Å². The fraction of sp³-hybridized carbons (Fsp3) is 0.263. The molecule has 0 spiro atoms. The van der Waals surface area contributed by atoms with Crippen LogP contribution < -0.4 is 24.8 Å². The summed E-state index contributed by atoms with van der Waals surface area (Å²) in [5.41, 5.74) is 5.19. The van der Waals surface area contributed by atoms with E-state index in [4.69, 9.17) is 0 Å². The molecule has 1 aromatic heterocycles. The minimum absolute atomic E-state index is 0. The van der Waals surface area contributed by atoms with Crippen LogP contribution in [0.5, 0.6) is 0 Å². The molecule has 3 aromatic rings. The molecule has 7 heteroatoms. The van der Waals surface area contributed by atoms with Crippen molar-refractivity contribution in [3.8, 4) is 5.69 Å². The summed E-state index contributed by atoms with van der Waals surface area (Å²) in [5, 5.41) is 13.9. The van der Waals surface area contributed by atoms with Crippen molar-refractivity contribution in [1.29, 1.82) is 0 Å². The van der Waals surface area contributed by atoms with E-state index >= 15 is 0 Å². The van der Waals surface area contributed by atoms with Gasteiger partial charge in [0.05, 0.1) is 0 Å². The third kappa shape index (κ3) is 5.42. The number of hydrogen-bond acceptors (Lipinski definition) is 3. The molecule has 26 heavy (non-hydrogen) atoms. The molecule has 1 unspecified atom stereocenters. The number of halogens is 2. The molecule has 1 aliphatic rings. The zero-order valence-corrected chi connectivity index (χ0v) is 19.1. The third-order valence-corrected chi connectivity index (χ3v) is 4.42. The molecular weight excluding hydrogens is 446 g/mol. The normalized spacial score (nSPS) is 15.2. The summed E-state index contributed by atoms with van der Waals surface area (Å²) < 4.78 is 0. The van der Waals surface area contributed by atoms with Gasteiger partial charge in [-0.3, -0.25) is 6.08 Å². The average Bonchev–Trinajstić information content (AvgIpc) is 3.25. The van der Waals surface area contributed by atoms with Crippen molar-refractivity contribution in [3.05, 3.63) is 65.5 Å². The maximum absolute atomic E-state index is 3.98. The van der Waals surface area contributed by atoms with Gasteiger partial charge in [0.2, 0.25) is 0 Å². The zero-order chi connectivity index (χ0) is 16.4. The Labute approximate surface area is 186 Å². The Kier molecular flexibility index (Phi) is 10.4. The molecule has 0 bridgehead atoms. The Morgan fingerprint density at radius 2 is 1.81 bits per heavy atom. The Bertz CT molecular complexity index is 849. The predicted octanol–water partition coefficient (Wildman–Crippen LogP) is -1.74. The average molecular weight is 467 g/mol. The van der Waals surface area contributed by atoms with Crippen LogP contribution in [-0.4, -0.2) is 20.2 Å². The van der Waals surface area contributed by atoms with E-state index in [2.05, 4.69) is 61.3 Å². The third-order valence-electron chi connectivity index (χ3n) is 4.42. The van der Waals surface area contributed by atoms with Gasteiger partial charge in [-0.1, -0.05) is 32.8 Å². The van der Waals surface area contributed by atoms with Gasteiger partial charge in [0.25, 0.3) is 0 Å². The molecule has 134 valence electrons. The Morgan fingerprint density at radius 1 is 1.12 bits per heavy atom. The van der Waals surface area contributed by atoms with Crippen molar-refractivity contribution < 1.29 is 51.0 Å². The fourth-order valence-corrected chi connectivity index (χ4v) is 2.70. The minimum Gasteiger partial charge on any atom is -1.00 e. The van der Waals surface area contributed by atoms with Crippen molar-refractivity contribution in [3.63, 3.8) is 0 Å². The van der Waals surface area contributed by atoms with Crippen LogP contribution in [0.4, 0.5) is 0 Å². The van der Waals surface area contributed by atoms with E-state index < -0.39 is 0 Å². The number of allylic oxidation sites excluding steroid dienone is 4. The van der Waals surface area contributed by atoms with Gasteiger partial charge >= 0.3 is 26.2 Å². The first-order valence-electron chi connectivity index (χ1n) is 7.73. The van der Waals surface area contributed by atoms with E-state index in [1.807, 2.05) is 24.3 Å². The molecule has 0 aliphatic heterocycles. The molecule has 0 amide bonds. The smallest absolute Gasteiger partial charge is 1.00 e. The number of aromatic nitrogens is 4. The summed E-state index contributed by atoms with van der Waals surface area (Å²) >= 11 is 0. The van der Waals surface area contributed by atoms with Crippen molar-refractivity contribution in [1.82, 2.24) is 20.2 Å². The van der Waals surface area contributed by atoms with Crippen molar-refractivity contribution in [2.75, 3.05) is 0 Å². The number of benzene rings is 1. The van der Waals surface area contributed by atoms with Crippen LogP contribution in [0.1, 0.15) is 27.7 Å². The largest absolute Gasteiger partial charge is 4.00 e. The molecule has 0 fully saturated rings. The van der Waals surface area contributed by atoms with Gasteiger partial charge in [0.1, 0.15) is 0 Å². The van der Waals surface area contributed by atoms with Crippen LogP contribution in [0.3, 0.4) is 0 Å². The first kappa shape index (κ1) is 24.8. The molecule has 1 aliphatic carbocycles. The minimum atomic E-state index is 0. The number of rotatable bonds is 1. The fourth-order valence-electron chi connectivity index (χ4n) is 2.70. The molecule has 0 N–H and O–H groups in total. The molecule has 1 atom stereocenters. The van der Waals surface area contributed by atoms with Gasteiger partial charge in [-0.2, -0.15) is 15.9 Å². The SMILES string of the molecule is CC1=[C-]C(C)C(C)=C1C.[Cl-].[Cl-].[Zr+4].c1ccc2[cH-]c(-n3ncnn3)cc2c1. The predicted molar refractivity (Wildman–Crippen MR) is 92.2 cm³/mol. The molecule has 1 heterocycles. The van der Waals surface area contributed by atoms with Gasteiger partial charge in [-0.25, -0.2) is 5.57 Å². The zero-order valence-electron chi connectivity index (χ0n) is 15.2. The molecule has 4 rings (SSSR count). The van der Waals surface area contributed by atoms with Gasteiger partial charge in [-0.05, 0) is 10.9 Å². The summed E-state index contributed by atoms with van der Waals surface area (Å²) in [6.07, 6.45) is 4.79. The van der Waals surface area contributed by atoms with Crippen LogP contribution in [0.25, 0.3) is 16.5 Å². The summed E-state index contributed by atoms with van der Waals surface area (Å²) in [4.78, 5) is 1.51. The van der Waals surface area contributed by atoms with Crippen molar-refractivity contribution in [2.24, 2.45) is 5.92 Å². The van der Waals surface area contributed by atoms with E-state index in [0.29, 0.717) is 5.92 Å². The number of nitrogens with zero attached hydrogens (tertiary/aromatic N) is 4. The molecule has 4 nitrogen and oxygen atoms in total. The Morgan fingerprint density at radius 3 is 2.27 bits per heavy atom. The summed E-state index contributed by atoms with van der Waals surface area (Å²) in [5.74, 6) is 0.560. The maximum Gasteiger partial charge on any atom is 4.00 e. The summed E-state index contributed by atoms with van der Waals surface area (Å²) in [6, 6.07) is 12.2. The van der Waals surface area contributed by atoms with E-state index in [0.717, 1.165) is 5.69 Å². The van der Waals surface area contributed by atoms with Crippen LogP contribution in [-0.2, 0) is 26.2 Å². The Balaban J connectivity index is 0.000000466. The second-order valence-corrected chi connectivity index (χ2v) is 5.87. The topological polar surface area (TPSA) is 43.6 Å².